The van der Waals surface area contributed by atoms with Gasteiger partial charge in [0.05, 0.1) is 12.8 Å². The second-order valence-electron chi connectivity index (χ2n) is 5.08. The van der Waals surface area contributed by atoms with E-state index in [1.807, 2.05) is 0 Å². The number of esters is 1. The van der Waals surface area contributed by atoms with Crippen LogP contribution in [0.5, 0.6) is 0 Å². The lowest BCUT2D eigenvalue weighted by Crippen LogP contribution is -2.03. The van der Waals surface area contributed by atoms with Crippen molar-refractivity contribution in [1.29, 1.82) is 0 Å². The molecule has 2 rings (SSSR count). The molecule has 1 aliphatic carbocycles. The van der Waals surface area contributed by atoms with Gasteiger partial charge in [-0.1, -0.05) is 26.7 Å². The first-order valence-electron chi connectivity index (χ1n) is 6.75. The van der Waals surface area contributed by atoms with Crippen LogP contribution >= 0.6 is 0 Å². The first-order chi connectivity index (χ1) is 8.67. The maximum absolute atomic E-state index is 11.7. The number of nitrogens with zero attached hydrogens (tertiary/aromatic N) is 1. The lowest BCUT2D eigenvalue weighted by atomic mass is 9.98. The van der Waals surface area contributed by atoms with Gasteiger partial charge in [-0.05, 0) is 25.2 Å². The predicted octanol–water partition coefficient (Wildman–Crippen LogP) is 3.32. The fourth-order valence-corrected chi connectivity index (χ4v) is 2.70. The van der Waals surface area contributed by atoms with E-state index < -0.39 is 5.97 Å². The summed E-state index contributed by atoms with van der Waals surface area (Å²) in [6.45, 7) is 4.28. The number of oxazole rings is 1. The van der Waals surface area contributed by atoms with E-state index in [4.69, 9.17) is 9.15 Å². The maximum atomic E-state index is 11.7. The molecule has 0 spiro atoms. The Morgan fingerprint density at radius 3 is 2.83 bits per heavy atom. The van der Waals surface area contributed by atoms with Crippen LogP contribution in [0.2, 0.25) is 0 Å². The van der Waals surface area contributed by atoms with Crippen LogP contribution in [0.3, 0.4) is 0 Å². The van der Waals surface area contributed by atoms with E-state index >= 15 is 0 Å². The molecule has 2 unspecified atom stereocenters. The fourth-order valence-electron chi connectivity index (χ4n) is 2.70. The normalized spacial score (nSPS) is 23.3. The number of methoxy groups -OCH3 is 1. The molecule has 0 saturated heterocycles. The maximum Gasteiger partial charge on any atom is 0.375 e. The highest BCUT2D eigenvalue weighted by molar-refractivity contribution is 5.87. The van der Waals surface area contributed by atoms with Crippen LogP contribution in [0.1, 0.15) is 67.6 Å². The summed E-state index contributed by atoms with van der Waals surface area (Å²) in [4.78, 5) is 16.2. The smallest absolute Gasteiger partial charge is 0.375 e. The third-order valence-electron chi connectivity index (χ3n) is 3.75. The average molecular weight is 251 g/mol. The van der Waals surface area contributed by atoms with Crippen molar-refractivity contribution in [3.8, 4) is 0 Å². The predicted molar refractivity (Wildman–Crippen MR) is 67.6 cm³/mol. The van der Waals surface area contributed by atoms with Gasteiger partial charge in [-0.25, -0.2) is 9.78 Å². The van der Waals surface area contributed by atoms with E-state index in [9.17, 15) is 4.79 Å². The minimum atomic E-state index is -0.414. The lowest BCUT2D eigenvalue weighted by molar-refractivity contribution is 0.0560. The molecule has 100 valence electrons. The second-order valence-corrected chi connectivity index (χ2v) is 5.08. The SMILES string of the molecule is CCCc1nc(C2CCCC2C)oc1C(=O)OC. The molecule has 0 bridgehead atoms. The van der Waals surface area contributed by atoms with Crippen LogP contribution in [0.15, 0.2) is 4.42 Å². The van der Waals surface area contributed by atoms with Crippen LogP contribution in [-0.4, -0.2) is 18.1 Å². The molecule has 0 aromatic carbocycles. The van der Waals surface area contributed by atoms with E-state index in [2.05, 4.69) is 18.8 Å². The van der Waals surface area contributed by atoms with Crippen molar-refractivity contribution in [2.75, 3.05) is 7.11 Å². The Labute approximate surface area is 108 Å². The molecule has 2 atom stereocenters. The number of hydrogen-bond acceptors (Lipinski definition) is 4. The zero-order chi connectivity index (χ0) is 13.1. The van der Waals surface area contributed by atoms with Gasteiger partial charge in [-0.3, -0.25) is 0 Å². The minimum Gasteiger partial charge on any atom is -0.463 e. The Kier molecular flexibility index (Phi) is 4.04. The quantitative estimate of drug-likeness (QED) is 0.770. The summed E-state index contributed by atoms with van der Waals surface area (Å²) in [5, 5.41) is 0. The van der Waals surface area contributed by atoms with Crippen LogP contribution in [0.4, 0.5) is 0 Å². The summed E-state index contributed by atoms with van der Waals surface area (Å²) in [6, 6.07) is 0. The van der Waals surface area contributed by atoms with Gasteiger partial charge in [0.1, 0.15) is 0 Å². The molecule has 1 fully saturated rings. The molecular formula is C14H21NO3. The molecule has 0 radical (unpaired) electrons. The van der Waals surface area contributed by atoms with Gasteiger partial charge in [0.2, 0.25) is 5.76 Å². The van der Waals surface area contributed by atoms with E-state index in [1.165, 1.54) is 20.0 Å². The summed E-state index contributed by atoms with van der Waals surface area (Å²) in [5.41, 5.74) is 0.749. The van der Waals surface area contributed by atoms with Gasteiger partial charge >= 0.3 is 5.97 Å². The van der Waals surface area contributed by atoms with Gasteiger partial charge in [-0.2, -0.15) is 0 Å². The van der Waals surface area contributed by atoms with Gasteiger partial charge in [0, 0.05) is 5.92 Å². The van der Waals surface area contributed by atoms with Crippen molar-refractivity contribution in [3.63, 3.8) is 0 Å². The van der Waals surface area contributed by atoms with Crippen molar-refractivity contribution >= 4 is 5.97 Å². The lowest BCUT2D eigenvalue weighted by Gasteiger charge is -2.09. The van der Waals surface area contributed by atoms with Crippen LogP contribution in [0.25, 0.3) is 0 Å². The fraction of sp³-hybridized carbons (Fsp3) is 0.714. The Bertz CT molecular complexity index is 425. The Hall–Kier alpha value is -1.32. The van der Waals surface area contributed by atoms with Crippen LogP contribution < -0.4 is 0 Å². The molecule has 18 heavy (non-hydrogen) atoms. The Morgan fingerprint density at radius 2 is 2.28 bits per heavy atom. The summed E-state index contributed by atoms with van der Waals surface area (Å²) in [5.74, 6) is 1.56. The first kappa shape index (κ1) is 13.1. The first-order valence-corrected chi connectivity index (χ1v) is 6.75. The highest BCUT2D eigenvalue weighted by Crippen LogP contribution is 2.39. The number of carbonyl (C=O) groups is 1. The highest BCUT2D eigenvalue weighted by Gasteiger charge is 2.31. The number of carbonyl (C=O) groups excluding carboxylic acids is 1. The molecule has 1 saturated carbocycles. The standard InChI is InChI=1S/C14H21NO3/c1-4-6-11-12(14(16)17-3)18-13(15-11)10-8-5-7-9(10)2/h9-10H,4-8H2,1-3H3. The third kappa shape index (κ3) is 2.42. The van der Waals surface area contributed by atoms with Crippen LogP contribution in [0, 0.1) is 5.92 Å². The number of aryl methyl sites for hydroxylation is 1. The van der Waals surface area contributed by atoms with Gasteiger partial charge in [0.15, 0.2) is 5.89 Å². The topological polar surface area (TPSA) is 52.3 Å². The zero-order valence-corrected chi connectivity index (χ0v) is 11.4. The van der Waals surface area contributed by atoms with Crippen molar-refractivity contribution in [2.45, 2.75) is 51.9 Å². The largest absolute Gasteiger partial charge is 0.463 e. The van der Waals surface area contributed by atoms with E-state index in [1.54, 1.807) is 0 Å². The summed E-state index contributed by atoms with van der Waals surface area (Å²) in [7, 11) is 1.37. The third-order valence-corrected chi connectivity index (χ3v) is 3.75. The van der Waals surface area contributed by atoms with Crippen molar-refractivity contribution in [2.24, 2.45) is 5.92 Å². The van der Waals surface area contributed by atoms with Crippen LogP contribution in [-0.2, 0) is 11.2 Å². The van der Waals surface area contributed by atoms with Crippen molar-refractivity contribution < 1.29 is 13.9 Å². The summed E-state index contributed by atoms with van der Waals surface area (Å²) < 4.78 is 10.4. The van der Waals surface area contributed by atoms with E-state index in [0.29, 0.717) is 17.6 Å². The van der Waals surface area contributed by atoms with Gasteiger partial charge in [0.25, 0.3) is 0 Å². The zero-order valence-electron chi connectivity index (χ0n) is 11.4. The number of aromatic nitrogens is 1. The number of ether oxygens (including phenoxy) is 1. The average Bonchev–Trinajstić information content (AvgIpc) is 2.95. The van der Waals surface area contributed by atoms with Gasteiger partial charge in [-0.15, -0.1) is 0 Å². The molecule has 0 amide bonds. The molecule has 1 aromatic rings. The van der Waals surface area contributed by atoms with Gasteiger partial charge < -0.3 is 9.15 Å². The summed E-state index contributed by atoms with van der Waals surface area (Å²) >= 11 is 0. The molecule has 1 heterocycles. The molecule has 0 aliphatic heterocycles. The molecule has 4 heteroatoms. The summed E-state index contributed by atoms with van der Waals surface area (Å²) in [6.07, 6.45) is 5.23. The molecular weight excluding hydrogens is 230 g/mol. The van der Waals surface area contributed by atoms with Crippen molar-refractivity contribution in [1.82, 2.24) is 4.98 Å². The highest BCUT2D eigenvalue weighted by atomic mass is 16.5. The number of rotatable bonds is 4. The second kappa shape index (κ2) is 5.55. The number of hydrogen-bond donors (Lipinski definition) is 0. The molecule has 1 aromatic heterocycles. The molecule has 4 nitrogen and oxygen atoms in total. The Morgan fingerprint density at radius 1 is 1.50 bits per heavy atom. The van der Waals surface area contributed by atoms with E-state index in [-0.39, 0.29) is 0 Å². The minimum absolute atomic E-state index is 0.299. The monoisotopic (exact) mass is 251 g/mol. The molecule has 1 aliphatic rings. The molecule has 0 N–H and O–H groups in total. The Balaban J connectivity index is 2.29. The van der Waals surface area contributed by atoms with E-state index in [0.717, 1.165) is 30.8 Å². The van der Waals surface area contributed by atoms with Crippen molar-refractivity contribution in [3.05, 3.63) is 17.3 Å².